The summed E-state index contributed by atoms with van der Waals surface area (Å²) in [7, 11) is 1.57. The summed E-state index contributed by atoms with van der Waals surface area (Å²) in [5, 5.41) is 9.36. The molecule has 0 aliphatic rings. The molecule has 5 heteroatoms. The smallest absolute Gasteiger partial charge is 0.161 e. The Morgan fingerprint density at radius 3 is 2.69 bits per heavy atom. The quantitative estimate of drug-likeness (QED) is 0.697. The van der Waals surface area contributed by atoms with Gasteiger partial charge in [0.2, 0.25) is 0 Å². The van der Waals surface area contributed by atoms with Crippen LogP contribution >= 0.6 is 0 Å². The van der Waals surface area contributed by atoms with Crippen molar-refractivity contribution in [1.82, 2.24) is 0 Å². The van der Waals surface area contributed by atoms with Gasteiger partial charge in [0.1, 0.15) is 12.7 Å². The van der Waals surface area contributed by atoms with Crippen molar-refractivity contribution in [2.75, 3.05) is 20.3 Å². The molecule has 1 unspecified atom stereocenters. The second-order valence-electron chi connectivity index (χ2n) is 3.45. The SMILES string of the molecule is COc1cc(C)ccc1OCC(O)CON. The minimum Gasteiger partial charge on any atom is -0.493 e. The van der Waals surface area contributed by atoms with Crippen LogP contribution in [0.5, 0.6) is 11.5 Å². The molecular formula is C11H17NO4. The second-order valence-corrected chi connectivity index (χ2v) is 3.45. The highest BCUT2D eigenvalue weighted by molar-refractivity contribution is 5.42. The minimum atomic E-state index is -0.754. The standard InChI is InChI=1S/C11H17NO4/c1-8-3-4-10(11(5-8)14-2)15-6-9(13)7-16-12/h3-5,9,13H,6-7,12H2,1-2H3. The van der Waals surface area contributed by atoms with Gasteiger partial charge in [-0.05, 0) is 24.6 Å². The molecule has 0 aliphatic heterocycles. The van der Waals surface area contributed by atoms with E-state index >= 15 is 0 Å². The Morgan fingerprint density at radius 1 is 1.31 bits per heavy atom. The number of aryl methyl sites for hydroxylation is 1. The van der Waals surface area contributed by atoms with Crippen molar-refractivity contribution in [3.05, 3.63) is 23.8 Å². The monoisotopic (exact) mass is 227 g/mol. The van der Waals surface area contributed by atoms with Gasteiger partial charge in [0.05, 0.1) is 13.7 Å². The molecule has 0 saturated carbocycles. The number of aliphatic hydroxyl groups is 1. The topological polar surface area (TPSA) is 73.9 Å². The van der Waals surface area contributed by atoms with Gasteiger partial charge in [-0.15, -0.1) is 0 Å². The normalized spacial score (nSPS) is 12.2. The Morgan fingerprint density at radius 2 is 2.06 bits per heavy atom. The lowest BCUT2D eigenvalue weighted by atomic mass is 10.2. The van der Waals surface area contributed by atoms with Gasteiger partial charge in [-0.25, -0.2) is 5.90 Å². The molecule has 1 aromatic carbocycles. The molecule has 0 saturated heterocycles. The van der Waals surface area contributed by atoms with E-state index in [2.05, 4.69) is 4.84 Å². The summed E-state index contributed by atoms with van der Waals surface area (Å²) in [6.45, 7) is 2.11. The van der Waals surface area contributed by atoms with Crippen LogP contribution in [0.15, 0.2) is 18.2 Å². The predicted octanol–water partition coefficient (Wildman–Crippen LogP) is 0.634. The Bertz CT molecular complexity index is 330. The van der Waals surface area contributed by atoms with Gasteiger partial charge < -0.3 is 19.4 Å². The maximum Gasteiger partial charge on any atom is 0.161 e. The van der Waals surface area contributed by atoms with Crippen molar-refractivity contribution >= 4 is 0 Å². The molecule has 1 aromatic rings. The van der Waals surface area contributed by atoms with Crippen molar-refractivity contribution in [1.29, 1.82) is 0 Å². The van der Waals surface area contributed by atoms with Gasteiger partial charge in [0, 0.05) is 0 Å². The Kier molecular flexibility index (Phi) is 5.04. The highest BCUT2D eigenvalue weighted by Gasteiger charge is 2.08. The number of aliphatic hydroxyl groups excluding tert-OH is 1. The van der Waals surface area contributed by atoms with Gasteiger partial charge in [-0.3, -0.25) is 0 Å². The third-order valence-corrected chi connectivity index (χ3v) is 2.04. The van der Waals surface area contributed by atoms with Gasteiger partial charge in [0.15, 0.2) is 11.5 Å². The van der Waals surface area contributed by atoms with E-state index in [4.69, 9.17) is 15.4 Å². The number of methoxy groups -OCH3 is 1. The lowest BCUT2D eigenvalue weighted by Crippen LogP contribution is -2.25. The molecule has 1 rings (SSSR count). The fraction of sp³-hybridized carbons (Fsp3) is 0.455. The van der Waals surface area contributed by atoms with E-state index in [1.807, 2.05) is 19.1 Å². The fourth-order valence-electron chi connectivity index (χ4n) is 1.24. The summed E-state index contributed by atoms with van der Waals surface area (Å²) < 4.78 is 10.5. The highest BCUT2D eigenvalue weighted by atomic mass is 16.6. The Labute approximate surface area is 94.7 Å². The first-order valence-electron chi connectivity index (χ1n) is 4.94. The third kappa shape index (κ3) is 3.69. The maximum atomic E-state index is 9.36. The van der Waals surface area contributed by atoms with Crippen LogP contribution in [0.25, 0.3) is 0 Å². The van der Waals surface area contributed by atoms with Crippen LogP contribution < -0.4 is 15.4 Å². The number of nitrogens with two attached hydrogens (primary N) is 1. The van der Waals surface area contributed by atoms with Gasteiger partial charge >= 0.3 is 0 Å². The summed E-state index contributed by atoms with van der Waals surface area (Å²) in [6, 6.07) is 5.56. The van der Waals surface area contributed by atoms with Crippen molar-refractivity contribution in [3.8, 4) is 11.5 Å². The van der Waals surface area contributed by atoms with Crippen molar-refractivity contribution in [2.24, 2.45) is 5.90 Å². The number of hydrogen-bond donors (Lipinski definition) is 2. The van der Waals surface area contributed by atoms with E-state index in [0.717, 1.165) is 5.56 Å². The molecule has 0 fully saturated rings. The van der Waals surface area contributed by atoms with Crippen molar-refractivity contribution in [2.45, 2.75) is 13.0 Å². The molecule has 0 heterocycles. The zero-order chi connectivity index (χ0) is 12.0. The molecule has 0 radical (unpaired) electrons. The average molecular weight is 227 g/mol. The van der Waals surface area contributed by atoms with Crippen LogP contribution in [0.2, 0.25) is 0 Å². The zero-order valence-corrected chi connectivity index (χ0v) is 9.47. The van der Waals surface area contributed by atoms with Crippen LogP contribution in [0.1, 0.15) is 5.56 Å². The summed E-state index contributed by atoms with van der Waals surface area (Å²) in [6.07, 6.45) is -0.754. The summed E-state index contributed by atoms with van der Waals surface area (Å²) in [5.41, 5.74) is 1.08. The summed E-state index contributed by atoms with van der Waals surface area (Å²) >= 11 is 0. The number of rotatable bonds is 6. The molecule has 0 aromatic heterocycles. The summed E-state index contributed by atoms with van der Waals surface area (Å²) in [4.78, 5) is 4.31. The first-order chi connectivity index (χ1) is 7.67. The second kappa shape index (κ2) is 6.32. The summed E-state index contributed by atoms with van der Waals surface area (Å²) in [5.74, 6) is 6.06. The third-order valence-electron chi connectivity index (χ3n) is 2.04. The molecule has 16 heavy (non-hydrogen) atoms. The predicted molar refractivity (Wildman–Crippen MR) is 59.4 cm³/mol. The average Bonchev–Trinajstić information content (AvgIpc) is 2.27. The fourth-order valence-corrected chi connectivity index (χ4v) is 1.24. The number of benzene rings is 1. The molecule has 3 N–H and O–H groups in total. The molecule has 0 spiro atoms. The first-order valence-corrected chi connectivity index (χ1v) is 4.94. The molecule has 1 atom stereocenters. The van der Waals surface area contributed by atoms with Crippen LogP contribution in [-0.2, 0) is 4.84 Å². The van der Waals surface area contributed by atoms with Crippen LogP contribution in [0.3, 0.4) is 0 Å². The maximum absolute atomic E-state index is 9.36. The molecule has 0 amide bonds. The minimum absolute atomic E-state index is 0.0359. The molecule has 0 aliphatic carbocycles. The van der Waals surface area contributed by atoms with Crippen molar-refractivity contribution < 1.29 is 19.4 Å². The van der Waals surface area contributed by atoms with E-state index in [1.165, 1.54) is 0 Å². The number of ether oxygens (including phenoxy) is 2. The van der Waals surface area contributed by atoms with E-state index in [-0.39, 0.29) is 13.2 Å². The van der Waals surface area contributed by atoms with E-state index < -0.39 is 6.10 Å². The Balaban J connectivity index is 2.59. The molecule has 5 nitrogen and oxygen atoms in total. The van der Waals surface area contributed by atoms with E-state index in [1.54, 1.807) is 13.2 Å². The first kappa shape index (κ1) is 12.8. The lowest BCUT2D eigenvalue weighted by molar-refractivity contribution is 0.0111. The largest absolute Gasteiger partial charge is 0.493 e. The zero-order valence-electron chi connectivity index (χ0n) is 9.47. The van der Waals surface area contributed by atoms with Gasteiger partial charge in [-0.2, -0.15) is 0 Å². The Hall–Kier alpha value is -1.30. The molecule has 0 bridgehead atoms. The lowest BCUT2D eigenvalue weighted by Gasteiger charge is -2.13. The van der Waals surface area contributed by atoms with Crippen molar-refractivity contribution in [3.63, 3.8) is 0 Å². The van der Waals surface area contributed by atoms with E-state index in [0.29, 0.717) is 11.5 Å². The molecular weight excluding hydrogens is 210 g/mol. The molecule has 90 valence electrons. The van der Waals surface area contributed by atoms with Crippen LogP contribution in [0.4, 0.5) is 0 Å². The van der Waals surface area contributed by atoms with Crippen LogP contribution in [0, 0.1) is 6.92 Å². The highest BCUT2D eigenvalue weighted by Crippen LogP contribution is 2.27. The van der Waals surface area contributed by atoms with Gasteiger partial charge in [0.25, 0.3) is 0 Å². The number of hydrogen-bond acceptors (Lipinski definition) is 5. The van der Waals surface area contributed by atoms with Gasteiger partial charge in [-0.1, -0.05) is 6.07 Å². The van der Waals surface area contributed by atoms with E-state index in [9.17, 15) is 5.11 Å². The van der Waals surface area contributed by atoms with Crippen LogP contribution in [-0.4, -0.2) is 31.5 Å².